The first-order valence-corrected chi connectivity index (χ1v) is 12.3. The van der Waals surface area contributed by atoms with Crippen LogP contribution < -0.4 is 25.6 Å². The molecule has 2 aromatic rings. The third-order valence-corrected chi connectivity index (χ3v) is 5.99. The van der Waals surface area contributed by atoms with E-state index < -0.39 is 6.09 Å². The van der Waals surface area contributed by atoms with Crippen molar-refractivity contribution in [1.29, 1.82) is 0 Å². The van der Waals surface area contributed by atoms with E-state index in [9.17, 15) is 9.59 Å². The minimum atomic E-state index is -0.595. The fraction of sp³-hybridized carbons (Fsp3) is 0.565. The van der Waals surface area contributed by atoms with Gasteiger partial charge < -0.3 is 29.3 Å². The Kier molecular flexibility index (Phi) is 9.21. The van der Waals surface area contributed by atoms with Gasteiger partial charge in [0.2, 0.25) is 11.8 Å². The number of morpholine rings is 1. The number of rotatable bonds is 8. The van der Waals surface area contributed by atoms with Gasteiger partial charge in [-0.15, -0.1) is 0 Å². The summed E-state index contributed by atoms with van der Waals surface area (Å²) >= 11 is 0. The Hall–Kier alpha value is -3.78. The molecule has 37 heavy (non-hydrogen) atoms. The lowest BCUT2D eigenvalue weighted by Gasteiger charge is -2.37. The molecule has 3 amide bonds. The number of aromatic nitrogens is 4. The molecule has 0 radical (unpaired) electrons. The highest BCUT2D eigenvalue weighted by molar-refractivity contribution is 5.88. The molecule has 14 heteroatoms. The topological polar surface area (TPSA) is 156 Å². The van der Waals surface area contributed by atoms with Crippen LogP contribution in [0.15, 0.2) is 24.7 Å². The van der Waals surface area contributed by atoms with Crippen LogP contribution >= 0.6 is 0 Å². The van der Waals surface area contributed by atoms with Gasteiger partial charge in [-0.05, 0) is 25.8 Å². The standard InChI is InChI=1S/C23H33N9O5/c1-3-36-20-12-26-19(11-27-20)29-22(33)31(2)17-5-4-9-32(13-17)21-25-7-6-18(28-21)30-23(34)37-15-16-14-35-10-8-24-16/h6-7,11-12,16-17,24H,3-5,8-10,13-15H2,1-2H3,(H,26,29,33)(H,25,28,30,34)/t16-,17-/m1/s1. The predicted molar refractivity (Wildman–Crippen MR) is 135 cm³/mol. The fourth-order valence-corrected chi connectivity index (χ4v) is 4.03. The second kappa shape index (κ2) is 13.0. The van der Waals surface area contributed by atoms with E-state index in [0.717, 1.165) is 25.9 Å². The first-order chi connectivity index (χ1) is 18.0. The van der Waals surface area contributed by atoms with Gasteiger partial charge in [0.1, 0.15) is 12.4 Å². The summed E-state index contributed by atoms with van der Waals surface area (Å²) < 4.78 is 15.9. The number of urea groups is 1. The molecule has 2 aliphatic heterocycles. The molecule has 0 spiro atoms. The van der Waals surface area contributed by atoms with E-state index in [1.54, 1.807) is 24.2 Å². The van der Waals surface area contributed by atoms with Crippen LogP contribution in [-0.4, -0.2) is 102 Å². The Morgan fingerprint density at radius 2 is 2.14 bits per heavy atom. The molecule has 0 aromatic carbocycles. The van der Waals surface area contributed by atoms with Crippen LogP contribution in [0, 0.1) is 0 Å². The van der Waals surface area contributed by atoms with Gasteiger partial charge in [-0.1, -0.05) is 0 Å². The van der Waals surface area contributed by atoms with Crippen molar-refractivity contribution in [3.8, 4) is 5.88 Å². The molecule has 4 heterocycles. The highest BCUT2D eigenvalue weighted by atomic mass is 16.6. The number of nitrogens with zero attached hydrogens (tertiary/aromatic N) is 6. The van der Waals surface area contributed by atoms with Crippen LogP contribution in [0.5, 0.6) is 5.88 Å². The zero-order valence-corrected chi connectivity index (χ0v) is 21.1. The normalized spacial score (nSPS) is 19.6. The highest BCUT2D eigenvalue weighted by Gasteiger charge is 2.28. The molecule has 0 saturated carbocycles. The molecule has 2 aromatic heterocycles. The summed E-state index contributed by atoms with van der Waals surface area (Å²) in [7, 11) is 1.74. The zero-order chi connectivity index (χ0) is 26.0. The Balaban J connectivity index is 1.29. The molecular weight excluding hydrogens is 482 g/mol. The van der Waals surface area contributed by atoms with Gasteiger partial charge in [0, 0.05) is 32.9 Å². The van der Waals surface area contributed by atoms with E-state index >= 15 is 0 Å². The third-order valence-electron chi connectivity index (χ3n) is 5.99. The molecule has 0 unspecified atom stereocenters. The van der Waals surface area contributed by atoms with Crippen LogP contribution in [0.1, 0.15) is 19.8 Å². The Bertz CT molecular complexity index is 1040. The molecule has 14 nitrogen and oxygen atoms in total. The van der Waals surface area contributed by atoms with Crippen molar-refractivity contribution in [1.82, 2.24) is 30.2 Å². The van der Waals surface area contributed by atoms with Crippen molar-refractivity contribution in [2.75, 3.05) is 68.6 Å². The van der Waals surface area contributed by atoms with Crippen molar-refractivity contribution in [3.05, 3.63) is 24.7 Å². The SMILES string of the molecule is CCOc1cnc(NC(=O)N(C)[C@@H]2CCCN(c3nccc(NC(=O)OC[C@H]4COCCN4)n3)C2)cn1. The maximum absolute atomic E-state index is 12.8. The Morgan fingerprint density at radius 1 is 1.24 bits per heavy atom. The van der Waals surface area contributed by atoms with E-state index in [1.165, 1.54) is 12.4 Å². The van der Waals surface area contributed by atoms with Gasteiger partial charge in [-0.25, -0.2) is 24.5 Å². The van der Waals surface area contributed by atoms with Gasteiger partial charge in [0.05, 0.1) is 44.3 Å². The van der Waals surface area contributed by atoms with Crippen molar-refractivity contribution in [3.63, 3.8) is 0 Å². The summed E-state index contributed by atoms with van der Waals surface area (Å²) in [5.41, 5.74) is 0. The summed E-state index contributed by atoms with van der Waals surface area (Å²) in [6, 6.07) is 1.22. The number of anilines is 3. The lowest BCUT2D eigenvalue weighted by atomic mass is 10.1. The molecule has 3 N–H and O–H groups in total. The molecule has 2 fully saturated rings. The monoisotopic (exact) mass is 515 g/mol. The minimum absolute atomic E-state index is 0.0265. The van der Waals surface area contributed by atoms with Crippen LogP contribution in [0.4, 0.5) is 27.2 Å². The molecule has 2 aliphatic rings. The number of hydrogen-bond donors (Lipinski definition) is 3. The summed E-state index contributed by atoms with van der Waals surface area (Å²) in [6.07, 6.45) is 5.60. The number of hydrogen-bond acceptors (Lipinski definition) is 11. The average Bonchev–Trinajstić information content (AvgIpc) is 2.93. The van der Waals surface area contributed by atoms with Crippen molar-refractivity contribution < 1.29 is 23.8 Å². The van der Waals surface area contributed by atoms with Crippen LogP contribution in [0.3, 0.4) is 0 Å². The van der Waals surface area contributed by atoms with E-state index in [2.05, 4.69) is 35.9 Å². The molecule has 4 rings (SSSR count). The summed E-state index contributed by atoms with van der Waals surface area (Å²) in [5, 5.41) is 8.64. The Labute approximate surface area is 215 Å². The largest absolute Gasteiger partial charge is 0.477 e. The number of carbonyl (C=O) groups excluding carboxylic acids is 2. The van der Waals surface area contributed by atoms with Gasteiger partial charge in [-0.2, -0.15) is 4.98 Å². The molecular formula is C23H33N9O5. The number of likely N-dealkylation sites (N-methyl/N-ethyl adjacent to an activating group) is 1. The Morgan fingerprint density at radius 3 is 2.89 bits per heavy atom. The lowest BCUT2D eigenvalue weighted by Crippen LogP contribution is -2.50. The molecule has 200 valence electrons. The maximum atomic E-state index is 12.8. The van der Waals surface area contributed by atoms with E-state index in [4.69, 9.17) is 14.2 Å². The predicted octanol–water partition coefficient (Wildman–Crippen LogP) is 1.33. The summed E-state index contributed by atoms with van der Waals surface area (Å²) in [5.74, 6) is 1.55. The van der Waals surface area contributed by atoms with Gasteiger partial charge in [0.25, 0.3) is 0 Å². The minimum Gasteiger partial charge on any atom is -0.477 e. The van der Waals surface area contributed by atoms with Gasteiger partial charge in [-0.3, -0.25) is 10.6 Å². The molecule has 0 bridgehead atoms. The first kappa shape index (κ1) is 26.3. The van der Waals surface area contributed by atoms with E-state index in [1.807, 2.05) is 11.8 Å². The average molecular weight is 516 g/mol. The van der Waals surface area contributed by atoms with Gasteiger partial charge in [0.15, 0.2) is 5.82 Å². The molecule has 2 atom stereocenters. The first-order valence-electron chi connectivity index (χ1n) is 12.3. The summed E-state index contributed by atoms with van der Waals surface area (Å²) in [4.78, 5) is 45.8. The van der Waals surface area contributed by atoms with Crippen LogP contribution in [0.2, 0.25) is 0 Å². The summed E-state index contributed by atoms with van der Waals surface area (Å²) in [6.45, 7) is 5.71. The number of carbonyl (C=O) groups is 2. The quantitative estimate of drug-likeness (QED) is 0.466. The van der Waals surface area contributed by atoms with Crippen molar-refractivity contribution in [2.45, 2.75) is 31.8 Å². The third kappa shape index (κ3) is 7.60. The maximum Gasteiger partial charge on any atom is 0.412 e. The molecule has 0 aliphatic carbocycles. The molecule has 2 saturated heterocycles. The smallest absolute Gasteiger partial charge is 0.412 e. The van der Waals surface area contributed by atoms with E-state index in [0.29, 0.717) is 49.8 Å². The second-order valence-electron chi connectivity index (χ2n) is 8.65. The van der Waals surface area contributed by atoms with Crippen molar-refractivity contribution >= 4 is 29.7 Å². The van der Waals surface area contributed by atoms with Gasteiger partial charge >= 0.3 is 12.1 Å². The van der Waals surface area contributed by atoms with E-state index in [-0.39, 0.29) is 24.7 Å². The highest BCUT2D eigenvalue weighted by Crippen LogP contribution is 2.21. The zero-order valence-electron chi connectivity index (χ0n) is 21.1. The number of amides is 3. The number of nitrogens with one attached hydrogen (secondary N) is 3. The second-order valence-corrected chi connectivity index (χ2v) is 8.65. The lowest BCUT2D eigenvalue weighted by molar-refractivity contribution is 0.0494. The van der Waals surface area contributed by atoms with Crippen LogP contribution in [-0.2, 0) is 9.47 Å². The number of piperidine rings is 1. The number of ether oxygens (including phenoxy) is 3. The van der Waals surface area contributed by atoms with Crippen LogP contribution in [0.25, 0.3) is 0 Å². The van der Waals surface area contributed by atoms with Crippen molar-refractivity contribution in [2.24, 2.45) is 0 Å². The fourth-order valence-electron chi connectivity index (χ4n) is 4.03.